The van der Waals surface area contributed by atoms with Crippen molar-refractivity contribution in [1.82, 2.24) is 4.90 Å². The van der Waals surface area contributed by atoms with Crippen molar-refractivity contribution in [2.24, 2.45) is 0 Å². The van der Waals surface area contributed by atoms with Gasteiger partial charge in [-0.2, -0.15) is 0 Å². The summed E-state index contributed by atoms with van der Waals surface area (Å²) in [6.07, 6.45) is 9.96. The molecule has 0 radical (unpaired) electrons. The lowest BCUT2D eigenvalue weighted by Gasteiger charge is -2.22. The summed E-state index contributed by atoms with van der Waals surface area (Å²) >= 11 is 0. The molecule has 2 aromatic rings. The molecule has 168 valence electrons. The average Bonchev–Trinajstić information content (AvgIpc) is 2.79. The van der Waals surface area contributed by atoms with Crippen LogP contribution in [0, 0.1) is 11.8 Å². The highest BCUT2D eigenvalue weighted by Crippen LogP contribution is 2.16. The number of hydrogen-bond donors (Lipinski definition) is 1. The van der Waals surface area contributed by atoms with Crippen LogP contribution >= 0.6 is 0 Å². The second-order valence-corrected chi connectivity index (χ2v) is 7.87. The Kier molecular flexibility index (Phi) is 10.8. The number of benzene rings is 2. The van der Waals surface area contributed by atoms with Crippen molar-refractivity contribution in [3.63, 3.8) is 0 Å². The highest BCUT2D eigenvalue weighted by molar-refractivity contribution is 5.96. The van der Waals surface area contributed by atoms with Gasteiger partial charge in [0, 0.05) is 18.9 Å². The molecule has 1 amide bonds. The minimum Gasteiger partial charge on any atom is -0.477 e. The Morgan fingerprint density at radius 2 is 1.59 bits per heavy atom. The maximum Gasteiger partial charge on any atom is 0.352 e. The van der Waals surface area contributed by atoms with Crippen LogP contribution in [0.25, 0.3) is 6.08 Å². The van der Waals surface area contributed by atoms with E-state index < -0.39 is 5.97 Å². The Hall–Kier alpha value is -3.32. The lowest BCUT2D eigenvalue weighted by Crippen LogP contribution is -2.31. The lowest BCUT2D eigenvalue weighted by atomic mass is 10.1. The van der Waals surface area contributed by atoms with Gasteiger partial charge < -0.3 is 10.0 Å². The van der Waals surface area contributed by atoms with E-state index in [1.807, 2.05) is 42.5 Å². The van der Waals surface area contributed by atoms with Gasteiger partial charge >= 0.3 is 5.97 Å². The monoisotopic (exact) mass is 431 g/mol. The predicted molar refractivity (Wildman–Crippen MR) is 130 cm³/mol. The summed E-state index contributed by atoms with van der Waals surface area (Å²) in [6, 6.07) is 16.8. The minimum atomic E-state index is -1.14. The summed E-state index contributed by atoms with van der Waals surface area (Å²) in [7, 11) is 0. The van der Waals surface area contributed by atoms with E-state index in [9.17, 15) is 14.7 Å². The molecule has 4 nitrogen and oxygen atoms in total. The van der Waals surface area contributed by atoms with Crippen molar-refractivity contribution < 1.29 is 14.7 Å². The standard InChI is InChI=1S/C28H33NO3/c1-3-4-5-6-7-8-9-11-14-24-17-19-26(20-18-24)22-29(23(2)30)27(28(31)32)21-25-15-12-10-13-16-25/h10,12-13,15-21H,3-9,22H2,1-2H3,(H,31,32). The smallest absolute Gasteiger partial charge is 0.352 e. The third-order valence-corrected chi connectivity index (χ3v) is 5.18. The fourth-order valence-electron chi connectivity index (χ4n) is 3.36. The van der Waals surface area contributed by atoms with Gasteiger partial charge in [-0.25, -0.2) is 4.79 Å². The number of carboxylic acids is 1. The van der Waals surface area contributed by atoms with Crippen LogP contribution < -0.4 is 0 Å². The van der Waals surface area contributed by atoms with Gasteiger partial charge in [-0.15, -0.1) is 0 Å². The Morgan fingerprint density at radius 1 is 0.938 bits per heavy atom. The summed E-state index contributed by atoms with van der Waals surface area (Å²) in [5.41, 5.74) is 2.45. The second-order valence-electron chi connectivity index (χ2n) is 7.87. The van der Waals surface area contributed by atoms with Crippen molar-refractivity contribution >= 4 is 18.0 Å². The molecule has 0 saturated carbocycles. The first-order chi connectivity index (χ1) is 15.5. The average molecular weight is 432 g/mol. The quantitative estimate of drug-likeness (QED) is 0.259. The van der Waals surface area contributed by atoms with E-state index in [0.29, 0.717) is 0 Å². The molecule has 4 heteroatoms. The van der Waals surface area contributed by atoms with Gasteiger partial charge in [0.1, 0.15) is 5.70 Å². The van der Waals surface area contributed by atoms with Crippen LogP contribution in [0.4, 0.5) is 0 Å². The van der Waals surface area contributed by atoms with E-state index in [4.69, 9.17) is 0 Å². The van der Waals surface area contributed by atoms with Crippen molar-refractivity contribution in [2.45, 2.75) is 65.3 Å². The molecule has 2 aromatic carbocycles. The van der Waals surface area contributed by atoms with E-state index in [0.717, 1.165) is 29.5 Å². The summed E-state index contributed by atoms with van der Waals surface area (Å²) in [5.74, 6) is 4.96. The summed E-state index contributed by atoms with van der Waals surface area (Å²) in [5, 5.41) is 9.70. The third-order valence-electron chi connectivity index (χ3n) is 5.18. The Bertz CT molecular complexity index is 950. The molecule has 0 saturated heterocycles. The molecule has 0 atom stereocenters. The maximum absolute atomic E-state index is 12.2. The summed E-state index contributed by atoms with van der Waals surface area (Å²) in [6.45, 7) is 3.79. The molecule has 0 fully saturated rings. The molecule has 0 aromatic heterocycles. The largest absolute Gasteiger partial charge is 0.477 e. The first kappa shape index (κ1) is 24.9. The van der Waals surface area contributed by atoms with Crippen LogP contribution in [0.5, 0.6) is 0 Å². The number of carbonyl (C=O) groups excluding carboxylic acids is 1. The van der Waals surface area contributed by atoms with Crippen LogP contribution in [0.2, 0.25) is 0 Å². The zero-order chi connectivity index (χ0) is 23.2. The van der Waals surface area contributed by atoms with Gasteiger partial charge in [0.15, 0.2) is 0 Å². The highest BCUT2D eigenvalue weighted by Gasteiger charge is 2.21. The second kappa shape index (κ2) is 13.9. The lowest BCUT2D eigenvalue weighted by molar-refractivity contribution is -0.139. The molecule has 0 heterocycles. The van der Waals surface area contributed by atoms with Crippen molar-refractivity contribution in [3.8, 4) is 11.8 Å². The molecule has 0 aliphatic carbocycles. The Balaban J connectivity index is 2.00. The highest BCUT2D eigenvalue weighted by atomic mass is 16.4. The fourth-order valence-corrected chi connectivity index (χ4v) is 3.36. The number of carbonyl (C=O) groups is 2. The molecule has 0 unspecified atom stereocenters. The number of unbranched alkanes of at least 4 members (excludes halogenated alkanes) is 6. The van der Waals surface area contributed by atoms with Gasteiger partial charge in [0.25, 0.3) is 0 Å². The number of hydrogen-bond acceptors (Lipinski definition) is 2. The number of nitrogens with zero attached hydrogens (tertiary/aromatic N) is 1. The Morgan fingerprint density at radius 3 is 2.22 bits per heavy atom. The van der Waals surface area contributed by atoms with Gasteiger partial charge in [0.05, 0.1) is 6.54 Å². The summed E-state index contributed by atoms with van der Waals surface area (Å²) < 4.78 is 0. The zero-order valence-electron chi connectivity index (χ0n) is 19.1. The third kappa shape index (κ3) is 8.81. The number of aliphatic carboxylic acids is 1. The minimum absolute atomic E-state index is 0.0495. The van der Waals surface area contributed by atoms with E-state index in [-0.39, 0.29) is 18.1 Å². The molecule has 2 rings (SSSR count). The maximum atomic E-state index is 12.2. The summed E-state index contributed by atoms with van der Waals surface area (Å²) in [4.78, 5) is 25.4. The molecule has 0 bridgehead atoms. The molecule has 1 N–H and O–H groups in total. The predicted octanol–water partition coefficient (Wildman–Crippen LogP) is 6.26. The van der Waals surface area contributed by atoms with Gasteiger partial charge in [0.2, 0.25) is 5.91 Å². The van der Waals surface area contributed by atoms with Crippen molar-refractivity contribution in [3.05, 3.63) is 77.0 Å². The van der Waals surface area contributed by atoms with Crippen LogP contribution in [-0.4, -0.2) is 21.9 Å². The van der Waals surface area contributed by atoms with E-state index in [1.54, 1.807) is 12.1 Å². The topological polar surface area (TPSA) is 57.6 Å². The van der Waals surface area contributed by atoms with Gasteiger partial charge in [-0.1, -0.05) is 93.3 Å². The van der Waals surface area contributed by atoms with Crippen molar-refractivity contribution in [1.29, 1.82) is 0 Å². The zero-order valence-corrected chi connectivity index (χ0v) is 19.1. The first-order valence-electron chi connectivity index (χ1n) is 11.4. The van der Waals surface area contributed by atoms with E-state index in [1.165, 1.54) is 50.0 Å². The van der Waals surface area contributed by atoms with Gasteiger partial charge in [-0.3, -0.25) is 4.79 Å². The molecular weight excluding hydrogens is 398 g/mol. The number of amides is 1. The molecule has 0 spiro atoms. The van der Waals surface area contributed by atoms with Crippen LogP contribution in [0.15, 0.2) is 60.3 Å². The number of carboxylic acid groups (broad SMARTS) is 1. The van der Waals surface area contributed by atoms with E-state index >= 15 is 0 Å². The molecular formula is C28H33NO3. The SMILES string of the molecule is CCCCCCCCC#Cc1ccc(CN(C(C)=O)C(=Cc2ccccc2)C(=O)O)cc1. The van der Waals surface area contributed by atoms with Crippen molar-refractivity contribution in [2.75, 3.05) is 0 Å². The number of rotatable bonds is 11. The van der Waals surface area contributed by atoms with E-state index in [2.05, 4.69) is 18.8 Å². The molecule has 0 aliphatic rings. The van der Waals surface area contributed by atoms with Crippen LogP contribution in [-0.2, 0) is 16.1 Å². The fraction of sp³-hybridized carbons (Fsp3) is 0.357. The molecule has 32 heavy (non-hydrogen) atoms. The first-order valence-corrected chi connectivity index (χ1v) is 11.4. The molecule has 0 aliphatic heterocycles. The Labute approximate surface area is 192 Å². The van der Waals surface area contributed by atoms with Gasteiger partial charge in [-0.05, 0) is 35.8 Å². The van der Waals surface area contributed by atoms with Crippen LogP contribution in [0.3, 0.4) is 0 Å². The van der Waals surface area contributed by atoms with Crippen LogP contribution in [0.1, 0.15) is 75.5 Å². The normalized spacial score (nSPS) is 10.9.